The van der Waals surface area contributed by atoms with E-state index in [4.69, 9.17) is 4.74 Å². The lowest BCUT2D eigenvalue weighted by atomic mass is 10.1. The monoisotopic (exact) mass is 267 g/mol. The number of para-hydroxylation sites is 1. The average molecular weight is 267 g/mol. The summed E-state index contributed by atoms with van der Waals surface area (Å²) in [6, 6.07) is 18.4. The fraction of sp³-hybridized carbons (Fsp3) is 0.222. The zero-order valence-electron chi connectivity index (χ0n) is 11.9. The van der Waals surface area contributed by atoms with Crippen molar-refractivity contribution >= 4 is 5.69 Å². The summed E-state index contributed by atoms with van der Waals surface area (Å²) >= 11 is 0. The van der Waals surface area contributed by atoms with Gasteiger partial charge in [0.15, 0.2) is 5.88 Å². The van der Waals surface area contributed by atoms with Gasteiger partial charge < -0.3 is 10.1 Å². The number of rotatable bonds is 7. The zero-order chi connectivity index (χ0) is 14.2. The molecule has 0 atom stereocenters. The third-order valence-electron chi connectivity index (χ3n) is 3.07. The van der Waals surface area contributed by atoms with Crippen molar-refractivity contribution in [3.63, 3.8) is 0 Å². The molecule has 20 heavy (non-hydrogen) atoms. The molecule has 2 nitrogen and oxygen atoms in total. The Morgan fingerprint density at radius 2 is 1.75 bits per heavy atom. The summed E-state index contributed by atoms with van der Waals surface area (Å²) in [7, 11) is 0. The third kappa shape index (κ3) is 4.16. The lowest BCUT2D eigenvalue weighted by Crippen LogP contribution is -2.05. The Morgan fingerprint density at radius 1 is 1.05 bits per heavy atom. The molecule has 0 amide bonds. The van der Waals surface area contributed by atoms with Gasteiger partial charge in [0.25, 0.3) is 0 Å². The number of anilines is 1. The van der Waals surface area contributed by atoms with Crippen LogP contribution in [0, 0.1) is 0 Å². The second kappa shape index (κ2) is 7.39. The Hall–Kier alpha value is -2.22. The van der Waals surface area contributed by atoms with Crippen LogP contribution in [0.1, 0.15) is 24.5 Å². The number of benzene rings is 2. The molecule has 2 aromatic carbocycles. The smallest absolute Gasteiger partial charge is 0.184 e. The molecule has 0 saturated carbocycles. The van der Waals surface area contributed by atoms with Crippen molar-refractivity contribution in [3.05, 3.63) is 78.2 Å². The van der Waals surface area contributed by atoms with Gasteiger partial charge in [-0.2, -0.15) is 0 Å². The molecule has 0 saturated heterocycles. The molecule has 0 aliphatic heterocycles. The Morgan fingerprint density at radius 3 is 2.50 bits per heavy atom. The van der Waals surface area contributed by atoms with E-state index in [1.165, 1.54) is 5.56 Å². The highest BCUT2D eigenvalue weighted by Crippen LogP contribution is 2.19. The number of hydrogen-bond donors (Lipinski definition) is 1. The summed E-state index contributed by atoms with van der Waals surface area (Å²) in [5.41, 5.74) is 3.50. The van der Waals surface area contributed by atoms with E-state index >= 15 is 0 Å². The third-order valence-corrected chi connectivity index (χ3v) is 3.07. The molecule has 0 aromatic heterocycles. The van der Waals surface area contributed by atoms with Gasteiger partial charge in [-0.25, -0.2) is 0 Å². The predicted octanol–water partition coefficient (Wildman–Crippen LogP) is 4.74. The minimum Gasteiger partial charge on any atom is -0.475 e. The highest BCUT2D eigenvalue weighted by molar-refractivity contribution is 5.53. The van der Waals surface area contributed by atoms with Gasteiger partial charge >= 0.3 is 0 Å². The van der Waals surface area contributed by atoms with Crippen LogP contribution in [0.2, 0.25) is 0 Å². The van der Waals surface area contributed by atoms with Crippen molar-refractivity contribution in [3.8, 4) is 0 Å². The zero-order valence-corrected chi connectivity index (χ0v) is 11.9. The summed E-state index contributed by atoms with van der Waals surface area (Å²) in [5.74, 6) is 0.581. The van der Waals surface area contributed by atoms with Gasteiger partial charge in [-0.1, -0.05) is 61.9 Å². The highest BCUT2D eigenvalue weighted by atomic mass is 16.5. The Kier molecular flexibility index (Phi) is 5.24. The lowest BCUT2D eigenvalue weighted by Gasteiger charge is -2.14. The number of hydrogen-bond acceptors (Lipinski definition) is 2. The summed E-state index contributed by atoms with van der Waals surface area (Å²) in [6.45, 7) is 6.64. The van der Waals surface area contributed by atoms with Crippen LogP contribution in [0.4, 0.5) is 5.69 Å². The van der Waals surface area contributed by atoms with Crippen molar-refractivity contribution in [2.45, 2.75) is 26.4 Å². The van der Waals surface area contributed by atoms with Gasteiger partial charge in [0, 0.05) is 5.69 Å². The minimum absolute atomic E-state index is 0.530. The molecule has 0 bridgehead atoms. The molecular formula is C18H21NO. The normalized spacial score (nSPS) is 10.1. The molecule has 0 heterocycles. The molecule has 0 aliphatic rings. The minimum atomic E-state index is 0.530. The fourth-order valence-electron chi connectivity index (χ4n) is 2.06. The van der Waals surface area contributed by atoms with E-state index in [-0.39, 0.29) is 0 Å². The van der Waals surface area contributed by atoms with Gasteiger partial charge in [-0.3, -0.25) is 0 Å². The molecule has 1 N–H and O–H groups in total. The topological polar surface area (TPSA) is 21.3 Å². The molecule has 0 aliphatic carbocycles. The van der Waals surface area contributed by atoms with Crippen LogP contribution >= 0.6 is 0 Å². The Balaban J connectivity index is 1.91. The largest absolute Gasteiger partial charge is 0.475 e. The van der Waals surface area contributed by atoms with E-state index in [0.29, 0.717) is 12.5 Å². The maximum atomic E-state index is 5.66. The van der Waals surface area contributed by atoms with Crippen LogP contribution in [0.25, 0.3) is 0 Å². The maximum absolute atomic E-state index is 5.66. The fourth-order valence-corrected chi connectivity index (χ4v) is 2.06. The quantitative estimate of drug-likeness (QED) is 0.732. The molecule has 0 unspecified atom stereocenters. The van der Waals surface area contributed by atoms with Crippen LogP contribution < -0.4 is 5.32 Å². The molecule has 0 spiro atoms. The van der Waals surface area contributed by atoms with Crippen LogP contribution in [0.15, 0.2) is 67.1 Å². The van der Waals surface area contributed by atoms with Crippen LogP contribution in [0.5, 0.6) is 0 Å². The van der Waals surface area contributed by atoms with Gasteiger partial charge in [0.2, 0.25) is 0 Å². The maximum Gasteiger partial charge on any atom is 0.184 e. The Labute approximate surface area is 121 Å². The van der Waals surface area contributed by atoms with E-state index < -0.39 is 0 Å². The SMILES string of the molecule is C=C(Nc1ccccc1CCC)OCc1ccccc1. The molecule has 2 rings (SSSR count). The van der Waals surface area contributed by atoms with Crippen molar-refractivity contribution < 1.29 is 4.74 Å². The number of ether oxygens (including phenoxy) is 1. The van der Waals surface area contributed by atoms with E-state index in [2.05, 4.69) is 37.0 Å². The highest BCUT2D eigenvalue weighted by Gasteiger charge is 2.02. The molecule has 104 valence electrons. The first-order valence-electron chi connectivity index (χ1n) is 7.00. The van der Waals surface area contributed by atoms with Gasteiger partial charge in [-0.05, 0) is 30.2 Å². The van der Waals surface area contributed by atoms with Crippen LogP contribution in [0.3, 0.4) is 0 Å². The van der Waals surface area contributed by atoms with Gasteiger partial charge in [0.05, 0.1) is 0 Å². The van der Waals surface area contributed by atoms with E-state index in [0.717, 1.165) is 24.1 Å². The van der Waals surface area contributed by atoms with E-state index in [1.807, 2.05) is 36.4 Å². The van der Waals surface area contributed by atoms with Crippen molar-refractivity contribution in [2.24, 2.45) is 0 Å². The van der Waals surface area contributed by atoms with Crippen LogP contribution in [-0.4, -0.2) is 0 Å². The van der Waals surface area contributed by atoms with Crippen molar-refractivity contribution in [1.82, 2.24) is 0 Å². The summed E-state index contributed by atoms with van der Waals surface area (Å²) in [4.78, 5) is 0. The molecule has 2 heteroatoms. The number of nitrogens with one attached hydrogen (secondary N) is 1. The van der Waals surface area contributed by atoms with E-state index in [1.54, 1.807) is 0 Å². The summed E-state index contributed by atoms with van der Waals surface area (Å²) < 4.78 is 5.66. The average Bonchev–Trinajstić information content (AvgIpc) is 2.49. The first kappa shape index (κ1) is 14.2. The predicted molar refractivity (Wildman–Crippen MR) is 84.4 cm³/mol. The lowest BCUT2D eigenvalue weighted by molar-refractivity contribution is 0.205. The number of aryl methyl sites for hydroxylation is 1. The molecule has 0 radical (unpaired) electrons. The first-order valence-corrected chi connectivity index (χ1v) is 7.00. The first-order chi connectivity index (χ1) is 9.79. The second-order valence-electron chi connectivity index (χ2n) is 4.73. The molecule has 2 aromatic rings. The van der Waals surface area contributed by atoms with Crippen molar-refractivity contribution in [1.29, 1.82) is 0 Å². The summed E-state index contributed by atoms with van der Waals surface area (Å²) in [5, 5.41) is 3.25. The standard InChI is InChI=1S/C18H21NO/c1-3-9-17-12-7-8-13-18(17)19-15(2)20-14-16-10-5-4-6-11-16/h4-8,10-13,19H,2-3,9,14H2,1H3. The molecule has 0 fully saturated rings. The van der Waals surface area contributed by atoms with Crippen molar-refractivity contribution in [2.75, 3.05) is 5.32 Å². The van der Waals surface area contributed by atoms with Gasteiger partial charge in [0.1, 0.15) is 6.61 Å². The van der Waals surface area contributed by atoms with E-state index in [9.17, 15) is 0 Å². The summed E-state index contributed by atoms with van der Waals surface area (Å²) in [6.07, 6.45) is 2.17. The van der Waals surface area contributed by atoms with Crippen LogP contribution in [-0.2, 0) is 17.8 Å². The van der Waals surface area contributed by atoms with Gasteiger partial charge in [-0.15, -0.1) is 0 Å². The Bertz CT molecular complexity index is 548. The molecular weight excluding hydrogens is 246 g/mol. The second-order valence-corrected chi connectivity index (χ2v) is 4.73.